The molecule has 0 aromatic carbocycles. The van der Waals surface area contributed by atoms with E-state index < -0.39 is 0 Å². The minimum atomic E-state index is -0.172. The summed E-state index contributed by atoms with van der Waals surface area (Å²) in [7, 11) is 0. The number of amides is 1. The zero-order valence-corrected chi connectivity index (χ0v) is 13.0. The predicted molar refractivity (Wildman–Crippen MR) is 78.9 cm³/mol. The average Bonchev–Trinajstić information content (AvgIpc) is 3.00. The van der Waals surface area contributed by atoms with E-state index in [4.69, 9.17) is 4.52 Å². The van der Waals surface area contributed by atoms with Gasteiger partial charge in [-0.3, -0.25) is 10.1 Å². The lowest BCUT2D eigenvalue weighted by Crippen LogP contribution is -2.15. The Balaban J connectivity index is 1.78. The van der Waals surface area contributed by atoms with Gasteiger partial charge in [0.15, 0.2) is 0 Å². The minimum Gasteiger partial charge on any atom is -0.339 e. The normalized spacial score (nSPS) is 14.8. The van der Waals surface area contributed by atoms with Crippen LogP contribution in [0.15, 0.2) is 27.3 Å². The van der Waals surface area contributed by atoms with Crippen LogP contribution in [-0.4, -0.2) is 15.6 Å². The number of hydrogen-bond acceptors (Lipinski definition) is 3. The summed E-state index contributed by atoms with van der Waals surface area (Å²) in [6, 6.07) is 4.04. The molecule has 0 radical (unpaired) electrons. The molecule has 3 rings (SSSR count). The van der Waals surface area contributed by atoms with Crippen molar-refractivity contribution in [2.75, 3.05) is 5.32 Å². The van der Waals surface area contributed by atoms with E-state index in [-0.39, 0.29) is 11.8 Å². The molecule has 6 heteroatoms. The van der Waals surface area contributed by atoms with Crippen molar-refractivity contribution < 1.29 is 9.32 Å². The Morgan fingerprint density at radius 3 is 2.85 bits per heavy atom. The molecule has 5 nitrogen and oxygen atoms in total. The Kier molecular flexibility index (Phi) is 3.41. The molecular formula is C14H16BrN3O2. The number of carbonyl (C=O) groups excluding carboxylic acids is 1. The molecule has 0 bridgehead atoms. The molecular weight excluding hydrogens is 322 g/mol. The molecule has 0 saturated heterocycles. The number of hydrogen-bond donors (Lipinski definition) is 1. The van der Waals surface area contributed by atoms with Crippen molar-refractivity contribution >= 4 is 27.7 Å². The lowest BCUT2D eigenvalue weighted by molar-refractivity contribution is 0.101. The van der Waals surface area contributed by atoms with E-state index >= 15 is 0 Å². The molecule has 1 fully saturated rings. The summed E-state index contributed by atoms with van der Waals surface area (Å²) in [4.78, 5) is 12.3. The highest BCUT2D eigenvalue weighted by molar-refractivity contribution is 9.10. The summed E-state index contributed by atoms with van der Waals surface area (Å²) in [5.41, 5.74) is 1.47. The number of nitrogens with zero attached hydrogens (tertiary/aromatic N) is 2. The summed E-state index contributed by atoms with van der Waals surface area (Å²) in [6.07, 6.45) is 4.20. The van der Waals surface area contributed by atoms with Gasteiger partial charge in [-0.25, -0.2) is 0 Å². The van der Waals surface area contributed by atoms with Gasteiger partial charge in [-0.2, -0.15) is 0 Å². The first kappa shape index (κ1) is 13.4. The second-order valence-corrected chi connectivity index (χ2v) is 6.32. The van der Waals surface area contributed by atoms with Crippen molar-refractivity contribution in [2.24, 2.45) is 0 Å². The van der Waals surface area contributed by atoms with E-state index in [0.717, 1.165) is 23.0 Å². The van der Waals surface area contributed by atoms with E-state index in [9.17, 15) is 4.79 Å². The molecule has 2 aromatic rings. The fourth-order valence-corrected chi connectivity index (χ4v) is 2.52. The Hall–Kier alpha value is -1.56. The van der Waals surface area contributed by atoms with Crippen LogP contribution in [0.25, 0.3) is 0 Å². The Morgan fingerprint density at radius 1 is 1.50 bits per heavy atom. The molecule has 2 aromatic heterocycles. The van der Waals surface area contributed by atoms with Crippen LogP contribution in [0.4, 0.5) is 5.88 Å². The van der Waals surface area contributed by atoms with Crippen molar-refractivity contribution in [3.63, 3.8) is 0 Å². The molecule has 1 aliphatic carbocycles. The fourth-order valence-electron chi connectivity index (χ4n) is 2.08. The fraction of sp³-hybridized carbons (Fsp3) is 0.429. The molecule has 1 N–H and O–H groups in total. The van der Waals surface area contributed by atoms with Crippen molar-refractivity contribution in [1.82, 2.24) is 9.72 Å². The number of aromatic nitrogens is 2. The second-order valence-electron chi connectivity index (χ2n) is 5.41. The molecule has 0 atom stereocenters. The van der Waals surface area contributed by atoms with Gasteiger partial charge in [0.05, 0.1) is 5.69 Å². The zero-order valence-electron chi connectivity index (χ0n) is 11.4. The lowest BCUT2D eigenvalue weighted by Gasteiger charge is -2.06. The summed E-state index contributed by atoms with van der Waals surface area (Å²) in [6.45, 7) is 4.05. The molecule has 1 amide bonds. The summed E-state index contributed by atoms with van der Waals surface area (Å²) in [5.74, 6) is 0.487. The highest BCUT2D eigenvalue weighted by Gasteiger charge is 2.28. The third-order valence-electron chi connectivity index (χ3n) is 3.34. The lowest BCUT2D eigenvalue weighted by atomic mass is 10.1. The van der Waals surface area contributed by atoms with E-state index in [0.29, 0.717) is 17.6 Å². The highest BCUT2D eigenvalue weighted by Crippen LogP contribution is 2.37. The molecule has 2 heterocycles. The SMILES string of the molecule is CC(C)c1cc(NC(=O)c2cc(Br)cn2C2CC2)on1. The predicted octanol–water partition coefficient (Wildman–Crippen LogP) is 3.95. The van der Waals surface area contributed by atoms with Crippen molar-refractivity contribution in [1.29, 1.82) is 0 Å². The van der Waals surface area contributed by atoms with Gasteiger partial charge >= 0.3 is 0 Å². The third kappa shape index (κ3) is 2.65. The van der Waals surface area contributed by atoms with Crippen molar-refractivity contribution in [2.45, 2.75) is 38.6 Å². The van der Waals surface area contributed by atoms with Crippen LogP contribution >= 0.6 is 15.9 Å². The monoisotopic (exact) mass is 337 g/mol. The number of halogens is 1. The van der Waals surface area contributed by atoms with Crippen LogP contribution in [0.2, 0.25) is 0 Å². The summed E-state index contributed by atoms with van der Waals surface area (Å²) in [5, 5.41) is 6.69. The number of nitrogens with one attached hydrogen (secondary N) is 1. The van der Waals surface area contributed by atoms with Crippen LogP contribution in [0, 0.1) is 0 Å². The number of carbonyl (C=O) groups is 1. The van der Waals surface area contributed by atoms with Crippen LogP contribution in [-0.2, 0) is 0 Å². The first-order valence-electron chi connectivity index (χ1n) is 6.70. The van der Waals surface area contributed by atoms with Gasteiger partial charge < -0.3 is 9.09 Å². The molecule has 0 spiro atoms. The molecule has 0 aliphatic heterocycles. The maximum Gasteiger partial charge on any atom is 0.274 e. The van der Waals surface area contributed by atoms with Crippen LogP contribution in [0.5, 0.6) is 0 Å². The quantitative estimate of drug-likeness (QED) is 0.918. The van der Waals surface area contributed by atoms with Crippen molar-refractivity contribution in [3.05, 3.63) is 34.2 Å². The van der Waals surface area contributed by atoms with E-state index in [1.54, 1.807) is 6.07 Å². The van der Waals surface area contributed by atoms with E-state index in [2.05, 4.69) is 26.4 Å². The number of anilines is 1. The Labute approximate surface area is 125 Å². The van der Waals surface area contributed by atoms with Gasteiger partial charge in [-0.1, -0.05) is 19.0 Å². The first-order chi connectivity index (χ1) is 9.54. The summed E-state index contributed by atoms with van der Waals surface area (Å²) < 4.78 is 8.06. The first-order valence-corrected chi connectivity index (χ1v) is 7.49. The standard InChI is InChI=1S/C14H16BrN3O2/c1-8(2)11-6-13(20-17-11)16-14(19)12-5-9(15)7-18(12)10-3-4-10/h5-8,10H,3-4H2,1-2H3,(H,16,19). The van der Waals surface area contributed by atoms with Gasteiger partial charge in [-0.05, 0) is 40.8 Å². The number of rotatable bonds is 4. The van der Waals surface area contributed by atoms with Gasteiger partial charge in [0.25, 0.3) is 5.91 Å². The molecule has 20 heavy (non-hydrogen) atoms. The maximum atomic E-state index is 12.3. The average molecular weight is 338 g/mol. The molecule has 1 aliphatic rings. The third-order valence-corrected chi connectivity index (χ3v) is 3.78. The largest absolute Gasteiger partial charge is 0.339 e. The van der Waals surface area contributed by atoms with E-state index in [1.165, 1.54) is 0 Å². The second kappa shape index (κ2) is 5.09. The molecule has 0 unspecified atom stereocenters. The Morgan fingerprint density at radius 2 is 2.25 bits per heavy atom. The van der Waals surface area contributed by atoms with Crippen molar-refractivity contribution in [3.8, 4) is 0 Å². The molecule has 1 saturated carbocycles. The Bertz CT molecular complexity index is 641. The van der Waals surface area contributed by atoms with Crippen LogP contribution < -0.4 is 5.32 Å². The minimum absolute atomic E-state index is 0.172. The topological polar surface area (TPSA) is 60.1 Å². The van der Waals surface area contributed by atoms with Gasteiger partial charge in [0.2, 0.25) is 5.88 Å². The van der Waals surface area contributed by atoms with Gasteiger partial charge in [0.1, 0.15) is 5.69 Å². The molecule has 106 valence electrons. The summed E-state index contributed by atoms with van der Waals surface area (Å²) >= 11 is 3.42. The van der Waals surface area contributed by atoms with Gasteiger partial charge in [0, 0.05) is 22.8 Å². The van der Waals surface area contributed by atoms with E-state index in [1.807, 2.05) is 30.7 Å². The zero-order chi connectivity index (χ0) is 14.3. The smallest absolute Gasteiger partial charge is 0.274 e. The van der Waals surface area contributed by atoms with Crippen LogP contribution in [0.3, 0.4) is 0 Å². The maximum absolute atomic E-state index is 12.3. The van der Waals surface area contributed by atoms with Gasteiger partial charge in [-0.15, -0.1) is 0 Å². The van der Waals surface area contributed by atoms with Crippen LogP contribution in [0.1, 0.15) is 54.8 Å². The highest BCUT2D eigenvalue weighted by atomic mass is 79.9.